The summed E-state index contributed by atoms with van der Waals surface area (Å²) in [6.07, 6.45) is 9.55. The van der Waals surface area contributed by atoms with Crippen molar-refractivity contribution in [2.75, 3.05) is 25.5 Å². The molecule has 0 spiro atoms. The van der Waals surface area contributed by atoms with Crippen molar-refractivity contribution in [1.29, 1.82) is 0 Å². The van der Waals surface area contributed by atoms with Crippen LogP contribution in [0.25, 0.3) is 5.57 Å². The smallest absolute Gasteiger partial charge is 0.318 e. The number of allylic oxidation sites excluding steroid dienone is 2. The van der Waals surface area contributed by atoms with Gasteiger partial charge in [-0.05, 0) is 25.1 Å². The molecule has 7 N–H and O–H groups in total. The fraction of sp³-hybridized carbons (Fsp3) is 0.389. The van der Waals surface area contributed by atoms with E-state index in [-0.39, 0.29) is 24.6 Å². The largest absolute Gasteiger partial charge is 0.366 e. The Balaban J connectivity index is 1.55. The Labute approximate surface area is 167 Å². The molecule has 0 radical (unpaired) electrons. The number of nitrogens with one attached hydrogen (secondary N) is 3. The van der Waals surface area contributed by atoms with E-state index >= 15 is 0 Å². The number of hydrazine groups is 1. The normalized spacial score (nSPS) is 25.3. The van der Waals surface area contributed by atoms with Crippen LogP contribution in [0.15, 0.2) is 36.3 Å². The van der Waals surface area contributed by atoms with E-state index in [1.807, 2.05) is 12.2 Å². The summed E-state index contributed by atoms with van der Waals surface area (Å²) in [4.78, 5) is 22.1. The Kier molecular flexibility index (Phi) is 4.84. The molecule has 1 aromatic rings. The number of anilines is 1. The third-order valence-electron chi connectivity index (χ3n) is 5.34. The zero-order chi connectivity index (χ0) is 20.6. The van der Waals surface area contributed by atoms with E-state index in [1.54, 1.807) is 24.3 Å². The maximum atomic E-state index is 14.4. The number of likely N-dealkylation sites (tertiary alicyclic amines) is 1. The molecule has 10 nitrogen and oxygen atoms in total. The minimum absolute atomic E-state index is 0.0245. The summed E-state index contributed by atoms with van der Waals surface area (Å²) < 4.78 is 14.4. The molecule has 0 bridgehead atoms. The molecule has 3 aliphatic heterocycles. The van der Waals surface area contributed by atoms with Gasteiger partial charge in [0.15, 0.2) is 17.5 Å². The van der Waals surface area contributed by atoms with Crippen LogP contribution in [0.4, 0.5) is 15.0 Å². The number of carbonyl (C=O) groups excluding carboxylic acids is 1. The van der Waals surface area contributed by atoms with Gasteiger partial charge in [-0.1, -0.05) is 6.08 Å². The Morgan fingerprint density at radius 2 is 2.34 bits per heavy atom. The number of dihydropyridines is 1. The van der Waals surface area contributed by atoms with Crippen LogP contribution in [0.5, 0.6) is 0 Å². The SMILES string of the molecule is CNC(=O)N1CCC[C@@]1(N)CNc1nc(C2=CN(N)C3NC=CC=C23)ncc1F. The lowest BCUT2D eigenvalue weighted by Gasteiger charge is -2.34. The van der Waals surface area contributed by atoms with E-state index in [2.05, 4.69) is 25.9 Å². The third-order valence-corrected chi connectivity index (χ3v) is 5.34. The fourth-order valence-corrected chi connectivity index (χ4v) is 3.83. The van der Waals surface area contributed by atoms with Crippen LogP contribution in [0.1, 0.15) is 18.7 Å². The van der Waals surface area contributed by atoms with E-state index in [0.29, 0.717) is 24.4 Å². The van der Waals surface area contributed by atoms with Crippen molar-refractivity contribution in [1.82, 2.24) is 30.5 Å². The highest BCUT2D eigenvalue weighted by Gasteiger charge is 2.40. The summed E-state index contributed by atoms with van der Waals surface area (Å²) >= 11 is 0. The van der Waals surface area contributed by atoms with Gasteiger partial charge in [-0.3, -0.25) is 5.01 Å². The first-order valence-corrected chi connectivity index (χ1v) is 9.36. The van der Waals surface area contributed by atoms with Crippen molar-refractivity contribution in [3.05, 3.63) is 48.0 Å². The van der Waals surface area contributed by atoms with Crippen molar-refractivity contribution in [3.63, 3.8) is 0 Å². The molecule has 4 rings (SSSR count). The molecule has 29 heavy (non-hydrogen) atoms. The first-order valence-electron chi connectivity index (χ1n) is 9.36. The molecule has 3 aliphatic rings. The van der Waals surface area contributed by atoms with E-state index in [9.17, 15) is 9.18 Å². The van der Waals surface area contributed by atoms with Gasteiger partial charge < -0.3 is 26.6 Å². The number of halogens is 1. The lowest BCUT2D eigenvalue weighted by Crippen LogP contribution is -2.60. The first-order chi connectivity index (χ1) is 13.9. The number of aromatic nitrogens is 2. The van der Waals surface area contributed by atoms with E-state index in [4.69, 9.17) is 11.6 Å². The van der Waals surface area contributed by atoms with Crippen molar-refractivity contribution in [2.45, 2.75) is 24.7 Å². The number of amides is 2. The highest BCUT2D eigenvalue weighted by Crippen LogP contribution is 2.32. The zero-order valence-electron chi connectivity index (χ0n) is 16.0. The molecule has 11 heteroatoms. The standard InChI is InChI=1S/C18H24FN9O/c1-22-17(29)27-7-3-5-18(27,20)10-25-15-13(19)8-24-14(26-15)12-9-28(21)16-11(12)4-2-6-23-16/h2,4,6,8-9,16,23H,3,5,7,10,20-21H2,1H3,(H,22,29)(H,24,25,26)/t16?,18-/m0/s1. The van der Waals surface area contributed by atoms with Gasteiger partial charge in [0.2, 0.25) is 0 Å². The van der Waals surface area contributed by atoms with Crippen LogP contribution < -0.4 is 27.5 Å². The number of hydrogen-bond donors (Lipinski definition) is 5. The quantitative estimate of drug-likeness (QED) is 0.445. The molecule has 1 unspecified atom stereocenters. The minimum atomic E-state index is -0.927. The summed E-state index contributed by atoms with van der Waals surface area (Å²) in [5.74, 6) is 5.78. The van der Waals surface area contributed by atoms with Gasteiger partial charge in [-0.15, -0.1) is 0 Å². The van der Waals surface area contributed by atoms with Crippen LogP contribution in [0.2, 0.25) is 0 Å². The van der Waals surface area contributed by atoms with Crippen LogP contribution in [-0.2, 0) is 0 Å². The average molecular weight is 401 g/mol. The maximum absolute atomic E-state index is 14.4. The average Bonchev–Trinajstić information content (AvgIpc) is 3.28. The molecule has 4 heterocycles. The van der Waals surface area contributed by atoms with Gasteiger partial charge in [0, 0.05) is 30.9 Å². The number of fused-ring (bicyclic) bond motifs is 1. The lowest BCUT2D eigenvalue weighted by molar-refractivity contribution is 0.157. The molecular weight excluding hydrogens is 377 g/mol. The first kappa shape index (κ1) is 19.2. The molecule has 2 atom stereocenters. The Morgan fingerprint density at radius 3 is 3.14 bits per heavy atom. The Morgan fingerprint density at radius 1 is 1.52 bits per heavy atom. The number of urea groups is 1. The second-order valence-electron chi connectivity index (χ2n) is 7.20. The van der Waals surface area contributed by atoms with Gasteiger partial charge >= 0.3 is 6.03 Å². The molecule has 2 amide bonds. The topological polar surface area (TPSA) is 137 Å². The molecule has 1 aromatic heterocycles. The summed E-state index contributed by atoms with van der Waals surface area (Å²) in [6, 6.07) is -0.259. The van der Waals surface area contributed by atoms with Crippen molar-refractivity contribution in [3.8, 4) is 0 Å². The third kappa shape index (κ3) is 3.38. The highest BCUT2D eigenvalue weighted by atomic mass is 19.1. The zero-order valence-corrected chi connectivity index (χ0v) is 16.0. The lowest BCUT2D eigenvalue weighted by atomic mass is 10.0. The van der Waals surface area contributed by atoms with Crippen LogP contribution >= 0.6 is 0 Å². The van der Waals surface area contributed by atoms with Crippen molar-refractivity contribution >= 4 is 17.4 Å². The molecule has 0 aliphatic carbocycles. The predicted octanol–water partition coefficient (Wildman–Crippen LogP) is 0.0174. The summed E-state index contributed by atoms with van der Waals surface area (Å²) in [6.45, 7) is 0.704. The van der Waals surface area contributed by atoms with E-state index < -0.39 is 11.5 Å². The second-order valence-corrected chi connectivity index (χ2v) is 7.20. The second kappa shape index (κ2) is 7.33. The van der Waals surface area contributed by atoms with Gasteiger partial charge in [-0.25, -0.2) is 25.0 Å². The monoisotopic (exact) mass is 401 g/mol. The number of rotatable bonds is 4. The summed E-state index contributed by atoms with van der Waals surface area (Å²) in [7, 11) is 1.55. The molecule has 1 saturated heterocycles. The van der Waals surface area contributed by atoms with E-state index in [0.717, 1.165) is 18.2 Å². The molecule has 1 fully saturated rings. The van der Waals surface area contributed by atoms with Crippen molar-refractivity contribution < 1.29 is 9.18 Å². The summed E-state index contributed by atoms with van der Waals surface area (Å²) in [5, 5.41) is 10.2. The Bertz CT molecular complexity index is 915. The number of nitrogens with zero attached hydrogens (tertiary/aromatic N) is 4. The Hall–Kier alpha value is -3.18. The van der Waals surface area contributed by atoms with Crippen LogP contribution in [0, 0.1) is 5.82 Å². The van der Waals surface area contributed by atoms with Gasteiger partial charge in [-0.2, -0.15) is 0 Å². The van der Waals surface area contributed by atoms with E-state index in [1.165, 1.54) is 5.01 Å². The number of hydrogen-bond acceptors (Lipinski definition) is 8. The van der Waals surface area contributed by atoms with Crippen LogP contribution in [-0.4, -0.2) is 57.9 Å². The fourth-order valence-electron chi connectivity index (χ4n) is 3.83. The summed E-state index contributed by atoms with van der Waals surface area (Å²) in [5.41, 5.74) is 7.09. The maximum Gasteiger partial charge on any atom is 0.318 e. The minimum Gasteiger partial charge on any atom is -0.366 e. The van der Waals surface area contributed by atoms with Crippen LogP contribution in [0.3, 0.4) is 0 Å². The number of nitrogens with two attached hydrogens (primary N) is 2. The van der Waals surface area contributed by atoms with Gasteiger partial charge in [0.05, 0.1) is 12.7 Å². The predicted molar refractivity (Wildman–Crippen MR) is 106 cm³/mol. The van der Waals surface area contributed by atoms with Crippen molar-refractivity contribution in [2.24, 2.45) is 11.6 Å². The molecule has 154 valence electrons. The number of carbonyl (C=O) groups is 1. The molecular formula is C18H24FN9O. The highest BCUT2D eigenvalue weighted by molar-refractivity contribution is 5.80. The van der Waals surface area contributed by atoms with Gasteiger partial charge in [0.25, 0.3) is 0 Å². The molecule has 0 aromatic carbocycles. The van der Waals surface area contributed by atoms with Gasteiger partial charge in [0.1, 0.15) is 11.8 Å². The molecule has 0 saturated carbocycles.